The van der Waals surface area contributed by atoms with Gasteiger partial charge in [0, 0.05) is 30.8 Å². The zero-order chi connectivity index (χ0) is 18.4. The Morgan fingerprint density at radius 1 is 1.25 bits per heavy atom. The molecule has 0 bridgehead atoms. The topological polar surface area (TPSA) is 61.2 Å². The quantitative estimate of drug-likeness (QED) is 0.793. The maximum absolute atomic E-state index is 13.7. The van der Waals surface area contributed by atoms with E-state index in [1.165, 1.54) is 7.05 Å². The largest absolute Gasteiger partial charge is 0.597 e. The Hall–Kier alpha value is -1.51. The van der Waals surface area contributed by atoms with Crippen molar-refractivity contribution in [3.63, 3.8) is 0 Å². The van der Waals surface area contributed by atoms with E-state index in [-0.39, 0.29) is 10.8 Å². The number of aromatic nitrogens is 2. The summed E-state index contributed by atoms with van der Waals surface area (Å²) in [5.41, 5.74) is -0.148. The first-order chi connectivity index (χ1) is 10.9. The van der Waals surface area contributed by atoms with Gasteiger partial charge in [-0.1, -0.05) is 0 Å². The molecule has 2 aromatic rings. The van der Waals surface area contributed by atoms with Crippen molar-refractivity contribution in [2.45, 2.75) is 38.5 Å². The van der Waals surface area contributed by atoms with E-state index in [1.807, 2.05) is 20.8 Å². The Labute approximate surface area is 142 Å². The average Bonchev–Trinajstić information content (AvgIpc) is 2.49. The highest BCUT2D eigenvalue weighted by Gasteiger charge is 2.35. The van der Waals surface area contributed by atoms with E-state index >= 15 is 0 Å². The molecule has 0 saturated carbocycles. The fourth-order valence-electron chi connectivity index (χ4n) is 2.43. The third-order valence-electron chi connectivity index (χ3n) is 3.85. The van der Waals surface area contributed by atoms with E-state index in [2.05, 4.69) is 5.10 Å². The van der Waals surface area contributed by atoms with E-state index in [0.29, 0.717) is 5.69 Å². The van der Waals surface area contributed by atoms with Gasteiger partial charge in [-0.2, -0.15) is 5.10 Å². The molecule has 2 rings (SSSR count). The molecule has 1 unspecified atom stereocenters. The smallest absolute Gasteiger partial charge is 0.274 e. The lowest BCUT2D eigenvalue weighted by atomic mass is 10.1. The molecule has 8 heteroatoms. The van der Waals surface area contributed by atoms with Gasteiger partial charge in [0.2, 0.25) is 0 Å². The molecule has 0 radical (unpaired) electrons. The molecule has 0 aliphatic heterocycles. The number of fused-ring (bicyclic) bond motifs is 1. The van der Waals surface area contributed by atoms with Crippen LogP contribution in [0.3, 0.4) is 0 Å². The second kappa shape index (κ2) is 6.42. The first-order valence-corrected chi connectivity index (χ1v) is 8.56. The van der Waals surface area contributed by atoms with E-state index in [4.69, 9.17) is 0 Å². The standard InChI is InChI=1S/C16H21F2N3O2S/c1-9(21(6)24(23)16(2,3)4)14-10-7-12(17)13(18)8-11(10)15(22)20(5)19-14/h7-9H,1-6H3/t9-,24?/m1/s1. The SMILES string of the molecule is C[C@H](c1nn(C)c(=O)c2cc(F)c(F)cc12)N(C)[S+]([O-])C(C)(C)C. The van der Waals surface area contributed by atoms with Crippen LogP contribution in [0.2, 0.25) is 0 Å². The number of nitrogens with zero attached hydrogens (tertiary/aromatic N) is 3. The third kappa shape index (κ3) is 3.31. The number of halogens is 2. The number of benzene rings is 1. The molecule has 0 N–H and O–H groups in total. The highest BCUT2D eigenvalue weighted by atomic mass is 32.2. The zero-order valence-electron chi connectivity index (χ0n) is 14.6. The molecule has 5 nitrogen and oxygen atoms in total. The van der Waals surface area contributed by atoms with Crippen molar-refractivity contribution in [2.24, 2.45) is 7.05 Å². The second-order valence-corrected chi connectivity index (χ2v) is 9.01. The van der Waals surface area contributed by atoms with Crippen molar-refractivity contribution in [3.8, 4) is 0 Å². The minimum absolute atomic E-state index is 0.0446. The van der Waals surface area contributed by atoms with Crippen molar-refractivity contribution in [2.75, 3.05) is 7.05 Å². The molecule has 2 atom stereocenters. The predicted octanol–water partition coefficient (Wildman–Crippen LogP) is 2.67. The van der Waals surface area contributed by atoms with E-state index in [9.17, 15) is 18.1 Å². The summed E-state index contributed by atoms with van der Waals surface area (Å²) in [5, 5.41) is 4.46. The Morgan fingerprint density at radius 3 is 2.25 bits per heavy atom. The van der Waals surface area contributed by atoms with Crippen LogP contribution in [-0.2, 0) is 18.4 Å². The van der Waals surface area contributed by atoms with Crippen LogP contribution in [0.25, 0.3) is 10.8 Å². The number of rotatable bonds is 3. The summed E-state index contributed by atoms with van der Waals surface area (Å²) < 4.78 is 42.0. The summed E-state index contributed by atoms with van der Waals surface area (Å²) in [5.74, 6) is -2.14. The molecule has 1 aromatic carbocycles. The van der Waals surface area contributed by atoms with Crippen molar-refractivity contribution >= 4 is 22.1 Å². The molecule has 0 fully saturated rings. The summed E-state index contributed by atoms with van der Waals surface area (Å²) in [6.07, 6.45) is 0. The van der Waals surface area contributed by atoms with Crippen LogP contribution in [0.5, 0.6) is 0 Å². The van der Waals surface area contributed by atoms with Gasteiger partial charge in [0.05, 0.1) is 17.1 Å². The minimum Gasteiger partial charge on any atom is -0.597 e. The summed E-state index contributed by atoms with van der Waals surface area (Å²) in [6, 6.07) is 1.38. The molecular weight excluding hydrogens is 336 g/mol. The highest BCUT2D eigenvalue weighted by Crippen LogP contribution is 2.30. The zero-order valence-corrected chi connectivity index (χ0v) is 15.4. The molecule has 0 aliphatic carbocycles. The molecule has 0 saturated heterocycles. The minimum atomic E-state index is -1.34. The van der Waals surface area contributed by atoms with Crippen LogP contribution in [-0.4, -0.2) is 30.4 Å². The van der Waals surface area contributed by atoms with Crippen LogP contribution >= 0.6 is 0 Å². The normalized spacial score (nSPS) is 15.1. The molecule has 1 aromatic heterocycles. The van der Waals surface area contributed by atoms with Crippen LogP contribution in [0.15, 0.2) is 16.9 Å². The lowest BCUT2D eigenvalue weighted by molar-refractivity contribution is 0.373. The number of hydrogen-bond donors (Lipinski definition) is 0. The summed E-state index contributed by atoms with van der Waals surface area (Å²) >= 11 is -1.34. The highest BCUT2D eigenvalue weighted by molar-refractivity contribution is 7.90. The average molecular weight is 357 g/mol. The van der Waals surface area contributed by atoms with Crippen molar-refractivity contribution < 1.29 is 13.3 Å². The Morgan fingerprint density at radius 2 is 1.75 bits per heavy atom. The fraction of sp³-hybridized carbons (Fsp3) is 0.500. The van der Waals surface area contributed by atoms with Gasteiger partial charge in [-0.15, -0.1) is 4.31 Å². The first-order valence-electron chi connectivity index (χ1n) is 7.46. The Kier molecular flexibility index (Phi) is 5.03. The summed E-state index contributed by atoms with van der Waals surface area (Å²) in [7, 11) is 3.12. The molecule has 0 amide bonds. The van der Waals surface area contributed by atoms with Crippen molar-refractivity contribution in [1.82, 2.24) is 14.1 Å². The molecule has 1 heterocycles. The predicted molar refractivity (Wildman–Crippen MR) is 91.0 cm³/mol. The maximum atomic E-state index is 13.7. The molecule has 132 valence electrons. The maximum Gasteiger partial charge on any atom is 0.274 e. The Bertz CT molecular complexity index is 833. The van der Waals surface area contributed by atoms with Gasteiger partial charge in [0.25, 0.3) is 5.56 Å². The summed E-state index contributed by atoms with van der Waals surface area (Å²) in [6.45, 7) is 7.28. The lowest BCUT2D eigenvalue weighted by Crippen LogP contribution is -2.42. The van der Waals surface area contributed by atoms with Crippen LogP contribution < -0.4 is 5.56 Å². The monoisotopic (exact) mass is 357 g/mol. The lowest BCUT2D eigenvalue weighted by Gasteiger charge is -2.33. The van der Waals surface area contributed by atoms with Crippen LogP contribution in [0, 0.1) is 11.6 Å². The van der Waals surface area contributed by atoms with Gasteiger partial charge in [0.15, 0.2) is 11.6 Å². The Balaban J connectivity index is 2.66. The first kappa shape index (κ1) is 18.8. The van der Waals surface area contributed by atoms with Gasteiger partial charge >= 0.3 is 0 Å². The van der Waals surface area contributed by atoms with Crippen molar-refractivity contribution in [3.05, 3.63) is 39.8 Å². The molecule has 0 spiro atoms. The van der Waals surface area contributed by atoms with Gasteiger partial charge in [0.1, 0.15) is 4.75 Å². The summed E-state index contributed by atoms with van der Waals surface area (Å²) in [4.78, 5) is 12.2. The van der Waals surface area contributed by atoms with E-state index in [0.717, 1.165) is 16.8 Å². The number of hydrogen-bond acceptors (Lipinski definition) is 4. The van der Waals surface area contributed by atoms with Gasteiger partial charge in [-0.3, -0.25) is 4.79 Å². The third-order valence-corrected chi connectivity index (χ3v) is 5.73. The van der Waals surface area contributed by atoms with Gasteiger partial charge in [-0.25, -0.2) is 13.5 Å². The molecular formula is C16H21F2N3O2S. The van der Waals surface area contributed by atoms with Crippen molar-refractivity contribution in [1.29, 1.82) is 0 Å². The van der Waals surface area contributed by atoms with Crippen LogP contribution in [0.4, 0.5) is 8.78 Å². The van der Waals surface area contributed by atoms with E-state index in [1.54, 1.807) is 18.3 Å². The van der Waals surface area contributed by atoms with Gasteiger partial charge < -0.3 is 4.55 Å². The second-order valence-electron chi connectivity index (χ2n) is 6.71. The van der Waals surface area contributed by atoms with Crippen LogP contribution in [0.1, 0.15) is 39.4 Å². The van der Waals surface area contributed by atoms with Gasteiger partial charge in [-0.05, 0) is 39.8 Å². The fourth-order valence-corrected chi connectivity index (χ4v) is 3.68. The molecule has 0 aliphatic rings. The van der Waals surface area contributed by atoms with E-state index < -0.39 is 39.3 Å². The number of aryl methyl sites for hydroxylation is 1. The molecule has 24 heavy (non-hydrogen) atoms.